The van der Waals surface area contributed by atoms with Gasteiger partial charge in [-0.25, -0.2) is 5.48 Å². The van der Waals surface area contributed by atoms with E-state index in [-0.39, 0.29) is 16.8 Å². The minimum absolute atomic E-state index is 0.162. The smallest absolute Gasteiger partial charge is 0.284 e. The average Bonchev–Trinajstić information content (AvgIpc) is 3.37. The van der Waals surface area contributed by atoms with Gasteiger partial charge >= 0.3 is 0 Å². The molecular formula is C20H21N3O3S2. The van der Waals surface area contributed by atoms with Crippen LogP contribution in [-0.2, 0) is 0 Å². The summed E-state index contributed by atoms with van der Waals surface area (Å²) in [7, 11) is 4.02. The number of carbonyl (C=O) groups excluding carboxylic acids is 2. The van der Waals surface area contributed by atoms with Gasteiger partial charge in [0.05, 0.1) is 15.8 Å². The Hall–Kier alpha value is -2.68. The fourth-order valence-corrected chi connectivity index (χ4v) is 4.46. The molecule has 8 heteroatoms. The molecule has 0 spiro atoms. The van der Waals surface area contributed by atoms with Gasteiger partial charge < -0.3 is 10.2 Å². The van der Waals surface area contributed by atoms with Gasteiger partial charge in [-0.2, -0.15) is 0 Å². The van der Waals surface area contributed by atoms with Crippen LogP contribution in [0.1, 0.15) is 37.2 Å². The molecule has 3 rings (SSSR count). The molecule has 2 aromatic heterocycles. The van der Waals surface area contributed by atoms with Gasteiger partial charge in [0, 0.05) is 29.5 Å². The van der Waals surface area contributed by atoms with Gasteiger partial charge in [-0.3, -0.25) is 14.8 Å². The third-order valence-corrected chi connectivity index (χ3v) is 6.62. The van der Waals surface area contributed by atoms with Gasteiger partial charge in [-0.15, -0.1) is 22.7 Å². The molecular weight excluding hydrogens is 394 g/mol. The molecule has 1 atom stereocenters. The first kappa shape index (κ1) is 20.1. The summed E-state index contributed by atoms with van der Waals surface area (Å²) in [6.07, 6.45) is 0. The lowest BCUT2D eigenvalue weighted by Crippen LogP contribution is -2.25. The standard InChI is InChI=1S/C20H21N3O3S2/c1-12(21-19(24)17-10-11-18(28-17)20(25)22-26)15-8-9-16(27-15)13-4-6-14(7-5-13)23(2)3/h4-12,26H,1-3H3,(H,21,24)(H,22,25). The van der Waals surface area contributed by atoms with Crippen molar-refractivity contribution in [2.24, 2.45) is 0 Å². The van der Waals surface area contributed by atoms with E-state index in [9.17, 15) is 9.59 Å². The van der Waals surface area contributed by atoms with Gasteiger partial charge in [0.25, 0.3) is 11.8 Å². The zero-order valence-corrected chi connectivity index (χ0v) is 17.4. The SMILES string of the molecule is CC(NC(=O)c1ccc(C(=O)NO)s1)c1ccc(-c2ccc(N(C)C)cc2)s1. The van der Waals surface area contributed by atoms with Crippen molar-refractivity contribution in [3.05, 3.63) is 63.2 Å². The van der Waals surface area contributed by atoms with Crippen LogP contribution in [0.2, 0.25) is 0 Å². The first-order valence-electron chi connectivity index (χ1n) is 8.61. The molecule has 146 valence electrons. The number of hydrogen-bond acceptors (Lipinski definition) is 6. The molecule has 0 fully saturated rings. The second-order valence-corrected chi connectivity index (χ2v) is 8.64. The number of amides is 2. The lowest BCUT2D eigenvalue weighted by Gasteiger charge is -2.12. The molecule has 6 nitrogen and oxygen atoms in total. The molecule has 0 saturated heterocycles. The van der Waals surface area contributed by atoms with Crippen LogP contribution in [0, 0.1) is 0 Å². The zero-order valence-electron chi connectivity index (χ0n) is 15.7. The molecule has 0 aliphatic rings. The summed E-state index contributed by atoms with van der Waals surface area (Å²) in [4.78, 5) is 28.8. The largest absolute Gasteiger partial charge is 0.378 e. The third-order valence-electron chi connectivity index (χ3n) is 4.22. The molecule has 0 aliphatic heterocycles. The minimum Gasteiger partial charge on any atom is -0.378 e. The summed E-state index contributed by atoms with van der Waals surface area (Å²) in [6.45, 7) is 1.93. The first-order chi connectivity index (χ1) is 13.4. The molecule has 0 bridgehead atoms. The lowest BCUT2D eigenvalue weighted by molar-refractivity contribution is 0.0711. The summed E-state index contributed by atoms with van der Waals surface area (Å²) in [5.41, 5.74) is 3.85. The fourth-order valence-electron chi connectivity index (χ4n) is 2.64. The second-order valence-electron chi connectivity index (χ2n) is 6.44. The Bertz CT molecular complexity index is 977. The number of anilines is 1. The monoisotopic (exact) mass is 415 g/mol. The molecule has 0 radical (unpaired) electrons. The summed E-state index contributed by atoms with van der Waals surface area (Å²) < 4.78 is 0. The van der Waals surface area contributed by atoms with E-state index >= 15 is 0 Å². The number of thiophene rings is 2. The van der Waals surface area contributed by atoms with E-state index in [0.717, 1.165) is 32.3 Å². The Morgan fingerprint density at radius 1 is 0.929 bits per heavy atom. The number of rotatable bonds is 6. The van der Waals surface area contributed by atoms with E-state index in [2.05, 4.69) is 40.5 Å². The Kier molecular flexibility index (Phi) is 6.13. The number of nitrogens with zero attached hydrogens (tertiary/aromatic N) is 1. The molecule has 2 amide bonds. The highest BCUT2D eigenvalue weighted by molar-refractivity contribution is 7.16. The van der Waals surface area contributed by atoms with Gasteiger partial charge in [-0.05, 0) is 48.9 Å². The summed E-state index contributed by atoms with van der Waals surface area (Å²) >= 11 is 2.67. The van der Waals surface area contributed by atoms with E-state index in [1.807, 2.05) is 27.1 Å². The predicted octanol–water partition coefficient (Wildman–Crippen LogP) is 4.15. The van der Waals surface area contributed by atoms with E-state index in [1.54, 1.807) is 22.9 Å². The summed E-state index contributed by atoms with van der Waals surface area (Å²) in [5.74, 6) is -0.875. The topological polar surface area (TPSA) is 81.7 Å². The molecule has 3 aromatic rings. The molecule has 1 unspecified atom stereocenters. The number of hydroxylamine groups is 1. The molecule has 28 heavy (non-hydrogen) atoms. The average molecular weight is 416 g/mol. The first-order valence-corrected chi connectivity index (χ1v) is 10.2. The Morgan fingerprint density at radius 3 is 2.18 bits per heavy atom. The van der Waals surface area contributed by atoms with Gasteiger partial charge in [-0.1, -0.05) is 12.1 Å². The van der Waals surface area contributed by atoms with Crippen molar-refractivity contribution in [3.63, 3.8) is 0 Å². The highest BCUT2D eigenvalue weighted by Crippen LogP contribution is 2.32. The van der Waals surface area contributed by atoms with Crippen molar-refractivity contribution < 1.29 is 14.8 Å². The van der Waals surface area contributed by atoms with Crippen LogP contribution in [0.5, 0.6) is 0 Å². The summed E-state index contributed by atoms with van der Waals surface area (Å²) in [5, 5.41) is 11.6. The maximum absolute atomic E-state index is 12.4. The quantitative estimate of drug-likeness (QED) is 0.417. The molecule has 0 saturated carbocycles. The van der Waals surface area contributed by atoms with Crippen LogP contribution in [0.15, 0.2) is 48.5 Å². The second kappa shape index (κ2) is 8.55. The van der Waals surface area contributed by atoms with Crippen LogP contribution < -0.4 is 15.7 Å². The van der Waals surface area contributed by atoms with Gasteiger partial charge in [0.1, 0.15) is 0 Å². The Labute approximate surface area is 171 Å². The highest BCUT2D eigenvalue weighted by Gasteiger charge is 2.17. The highest BCUT2D eigenvalue weighted by atomic mass is 32.1. The number of nitrogens with one attached hydrogen (secondary N) is 2. The molecule has 0 aliphatic carbocycles. The third kappa shape index (κ3) is 4.41. The Balaban J connectivity index is 1.68. The van der Waals surface area contributed by atoms with Crippen molar-refractivity contribution in [2.45, 2.75) is 13.0 Å². The number of benzene rings is 1. The maximum atomic E-state index is 12.4. The number of carbonyl (C=O) groups is 2. The molecule has 3 N–H and O–H groups in total. The van der Waals surface area contributed by atoms with Gasteiger partial charge in [0.15, 0.2) is 0 Å². The minimum atomic E-state index is -0.625. The van der Waals surface area contributed by atoms with Crippen molar-refractivity contribution >= 4 is 40.2 Å². The van der Waals surface area contributed by atoms with Crippen LogP contribution >= 0.6 is 22.7 Å². The van der Waals surface area contributed by atoms with Crippen molar-refractivity contribution in [2.75, 3.05) is 19.0 Å². The van der Waals surface area contributed by atoms with Crippen molar-refractivity contribution in [1.82, 2.24) is 10.8 Å². The van der Waals surface area contributed by atoms with Crippen LogP contribution in [-0.4, -0.2) is 31.1 Å². The van der Waals surface area contributed by atoms with E-state index in [4.69, 9.17) is 5.21 Å². The van der Waals surface area contributed by atoms with Gasteiger partial charge in [0.2, 0.25) is 0 Å². The normalized spacial score (nSPS) is 11.7. The lowest BCUT2D eigenvalue weighted by atomic mass is 10.1. The summed E-state index contributed by atoms with van der Waals surface area (Å²) in [6, 6.07) is 15.3. The van der Waals surface area contributed by atoms with Crippen molar-refractivity contribution in [1.29, 1.82) is 0 Å². The zero-order chi connectivity index (χ0) is 20.3. The van der Waals surface area contributed by atoms with E-state index in [1.165, 1.54) is 6.07 Å². The fraction of sp³-hybridized carbons (Fsp3) is 0.200. The van der Waals surface area contributed by atoms with Crippen molar-refractivity contribution in [3.8, 4) is 10.4 Å². The number of hydrogen-bond donors (Lipinski definition) is 3. The Morgan fingerprint density at radius 2 is 1.57 bits per heavy atom. The molecule has 1 aromatic carbocycles. The predicted molar refractivity (Wildman–Crippen MR) is 114 cm³/mol. The maximum Gasteiger partial charge on any atom is 0.284 e. The van der Waals surface area contributed by atoms with E-state index in [0.29, 0.717) is 4.88 Å². The van der Waals surface area contributed by atoms with E-state index < -0.39 is 5.91 Å². The van der Waals surface area contributed by atoms with Crippen LogP contribution in [0.3, 0.4) is 0 Å². The van der Waals surface area contributed by atoms with Crippen LogP contribution in [0.4, 0.5) is 5.69 Å². The molecule has 2 heterocycles. The van der Waals surface area contributed by atoms with Crippen LogP contribution in [0.25, 0.3) is 10.4 Å².